The van der Waals surface area contributed by atoms with Gasteiger partial charge in [-0.2, -0.15) is 0 Å². The van der Waals surface area contributed by atoms with Gasteiger partial charge in [0, 0.05) is 10.0 Å². The van der Waals surface area contributed by atoms with E-state index in [-0.39, 0.29) is 6.04 Å². The third-order valence-electron chi connectivity index (χ3n) is 3.80. The van der Waals surface area contributed by atoms with Crippen LogP contribution in [0.5, 0.6) is 0 Å². The summed E-state index contributed by atoms with van der Waals surface area (Å²) in [5.41, 5.74) is 5.81. The minimum absolute atomic E-state index is 0.129. The molecule has 0 aliphatic rings. The number of halogens is 2. The average molecular weight is 322 g/mol. The van der Waals surface area contributed by atoms with Gasteiger partial charge < -0.3 is 5.32 Å². The van der Waals surface area contributed by atoms with Gasteiger partial charge in [-0.3, -0.25) is 0 Å². The molecule has 1 nitrogen and oxygen atoms in total. The predicted molar refractivity (Wildman–Crippen MR) is 92.6 cm³/mol. The molecule has 2 aromatic carbocycles. The second kappa shape index (κ2) is 6.83. The van der Waals surface area contributed by atoms with Crippen molar-refractivity contribution in [2.24, 2.45) is 0 Å². The van der Waals surface area contributed by atoms with Crippen LogP contribution in [0, 0.1) is 20.8 Å². The Bertz CT molecular complexity index is 650. The fourth-order valence-corrected chi connectivity index (χ4v) is 2.92. The number of aryl methyl sites for hydroxylation is 3. The third-order valence-corrected chi connectivity index (χ3v) is 4.61. The summed E-state index contributed by atoms with van der Waals surface area (Å²) in [6.45, 7) is 9.15. The minimum Gasteiger partial charge on any atom is -0.307 e. The summed E-state index contributed by atoms with van der Waals surface area (Å²) in [7, 11) is 0. The SMILES string of the molecule is CCNC(c1ccc(C)c(Cl)c1)c1cc(C)c(Cl)cc1C. The normalized spacial score (nSPS) is 12.5. The molecular weight excluding hydrogens is 301 g/mol. The number of benzene rings is 2. The van der Waals surface area contributed by atoms with Crippen molar-refractivity contribution in [1.29, 1.82) is 0 Å². The van der Waals surface area contributed by atoms with Crippen molar-refractivity contribution >= 4 is 23.2 Å². The van der Waals surface area contributed by atoms with Crippen LogP contribution in [0.2, 0.25) is 10.0 Å². The standard InChI is InChI=1S/C18H21Cl2N/c1-5-21-18(14-7-6-11(2)17(20)10-14)15-8-13(4)16(19)9-12(15)3/h6-10,18,21H,5H2,1-4H3. The highest BCUT2D eigenvalue weighted by molar-refractivity contribution is 6.31. The summed E-state index contributed by atoms with van der Waals surface area (Å²) in [6, 6.07) is 10.6. The highest BCUT2D eigenvalue weighted by Gasteiger charge is 2.17. The summed E-state index contributed by atoms with van der Waals surface area (Å²) in [6.07, 6.45) is 0. The average Bonchev–Trinajstić information content (AvgIpc) is 2.44. The summed E-state index contributed by atoms with van der Waals surface area (Å²) >= 11 is 12.5. The Morgan fingerprint density at radius 1 is 0.905 bits per heavy atom. The van der Waals surface area contributed by atoms with Crippen molar-refractivity contribution in [1.82, 2.24) is 5.32 Å². The molecule has 0 fully saturated rings. The van der Waals surface area contributed by atoms with Gasteiger partial charge in [0.2, 0.25) is 0 Å². The quantitative estimate of drug-likeness (QED) is 0.770. The molecule has 0 radical (unpaired) electrons. The Morgan fingerprint density at radius 2 is 1.57 bits per heavy atom. The summed E-state index contributed by atoms with van der Waals surface area (Å²) in [5, 5.41) is 5.17. The Kier molecular flexibility index (Phi) is 5.32. The lowest BCUT2D eigenvalue weighted by molar-refractivity contribution is 0.627. The number of hydrogen-bond acceptors (Lipinski definition) is 1. The molecule has 2 rings (SSSR count). The first-order valence-electron chi connectivity index (χ1n) is 7.20. The molecular formula is C18H21Cl2N. The monoisotopic (exact) mass is 321 g/mol. The van der Waals surface area contributed by atoms with Gasteiger partial charge in [0.15, 0.2) is 0 Å². The van der Waals surface area contributed by atoms with Crippen LogP contribution in [-0.2, 0) is 0 Å². The molecule has 1 unspecified atom stereocenters. The van der Waals surface area contributed by atoms with Crippen molar-refractivity contribution in [2.75, 3.05) is 6.54 Å². The lowest BCUT2D eigenvalue weighted by Crippen LogP contribution is -2.23. The highest BCUT2D eigenvalue weighted by Crippen LogP contribution is 2.31. The van der Waals surface area contributed by atoms with E-state index in [1.54, 1.807) is 0 Å². The van der Waals surface area contributed by atoms with Crippen molar-refractivity contribution < 1.29 is 0 Å². The summed E-state index contributed by atoms with van der Waals surface area (Å²) in [5.74, 6) is 0. The first-order valence-corrected chi connectivity index (χ1v) is 7.95. The predicted octanol–water partition coefficient (Wildman–Crippen LogP) is 5.62. The van der Waals surface area contributed by atoms with E-state index >= 15 is 0 Å². The Morgan fingerprint density at radius 3 is 2.19 bits per heavy atom. The van der Waals surface area contributed by atoms with Crippen LogP contribution in [0.25, 0.3) is 0 Å². The zero-order chi connectivity index (χ0) is 15.6. The van der Waals surface area contributed by atoms with E-state index in [1.807, 2.05) is 26.0 Å². The summed E-state index contributed by atoms with van der Waals surface area (Å²) in [4.78, 5) is 0. The number of hydrogen-bond donors (Lipinski definition) is 1. The molecule has 0 aliphatic carbocycles. The van der Waals surface area contributed by atoms with Gasteiger partial charge in [0.05, 0.1) is 6.04 Å². The van der Waals surface area contributed by atoms with Crippen molar-refractivity contribution in [3.05, 3.63) is 68.2 Å². The van der Waals surface area contributed by atoms with Crippen LogP contribution in [0.3, 0.4) is 0 Å². The van der Waals surface area contributed by atoms with E-state index in [4.69, 9.17) is 23.2 Å². The largest absolute Gasteiger partial charge is 0.307 e. The topological polar surface area (TPSA) is 12.0 Å². The molecule has 0 heterocycles. The number of rotatable bonds is 4. The van der Waals surface area contributed by atoms with Crippen molar-refractivity contribution in [3.8, 4) is 0 Å². The van der Waals surface area contributed by atoms with Gasteiger partial charge in [0.25, 0.3) is 0 Å². The zero-order valence-corrected chi connectivity index (χ0v) is 14.4. The lowest BCUT2D eigenvalue weighted by atomic mass is 9.93. The van der Waals surface area contributed by atoms with Crippen LogP contribution >= 0.6 is 23.2 Å². The molecule has 0 spiro atoms. The lowest BCUT2D eigenvalue weighted by Gasteiger charge is -2.22. The van der Waals surface area contributed by atoms with Gasteiger partial charge in [-0.15, -0.1) is 0 Å². The van der Waals surface area contributed by atoms with E-state index in [0.717, 1.165) is 27.7 Å². The zero-order valence-electron chi connectivity index (χ0n) is 12.9. The van der Waals surface area contributed by atoms with Crippen LogP contribution in [0.1, 0.15) is 40.8 Å². The smallest absolute Gasteiger partial charge is 0.0579 e. The second-order valence-corrected chi connectivity index (χ2v) is 6.27. The van der Waals surface area contributed by atoms with Gasteiger partial charge >= 0.3 is 0 Å². The second-order valence-electron chi connectivity index (χ2n) is 5.46. The Balaban J connectivity index is 2.52. The molecule has 1 atom stereocenters. The molecule has 3 heteroatoms. The van der Waals surface area contributed by atoms with Crippen LogP contribution in [-0.4, -0.2) is 6.54 Å². The molecule has 21 heavy (non-hydrogen) atoms. The van der Waals surface area contributed by atoms with E-state index < -0.39 is 0 Å². The maximum Gasteiger partial charge on any atom is 0.0579 e. The van der Waals surface area contributed by atoms with Crippen LogP contribution in [0.15, 0.2) is 30.3 Å². The van der Waals surface area contributed by atoms with Gasteiger partial charge in [-0.05, 0) is 67.3 Å². The molecule has 0 bridgehead atoms. The molecule has 2 aromatic rings. The molecule has 0 aliphatic heterocycles. The van der Waals surface area contributed by atoms with Crippen LogP contribution in [0.4, 0.5) is 0 Å². The minimum atomic E-state index is 0.129. The first-order chi connectivity index (χ1) is 9.93. The Labute approximate surface area is 137 Å². The maximum atomic E-state index is 6.29. The van der Waals surface area contributed by atoms with E-state index in [0.29, 0.717) is 0 Å². The third kappa shape index (κ3) is 3.60. The van der Waals surface area contributed by atoms with Gasteiger partial charge in [0.1, 0.15) is 0 Å². The Hall–Kier alpha value is -1.02. The highest BCUT2D eigenvalue weighted by atomic mass is 35.5. The van der Waals surface area contributed by atoms with Crippen molar-refractivity contribution in [2.45, 2.75) is 33.7 Å². The van der Waals surface area contributed by atoms with E-state index in [9.17, 15) is 0 Å². The molecule has 0 saturated carbocycles. The van der Waals surface area contributed by atoms with Gasteiger partial charge in [-0.25, -0.2) is 0 Å². The fraction of sp³-hybridized carbons (Fsp3) is 0.333. The molecule has 0 aromatic heterocycles. The summed E-state index contributed by atoms with van der Waals surface area (Å²) < 4.78 is 0. The fourth-order valence-electron chi connectivity index (χ4n) is 2.51. The van der Waals surface area contributed by atoms with Gasteiger partial charge in [-0.1, -0.05) is 48.3 Å². The molecule has 0 saturated heterocycles. The van der Waals surface area contributed by atoms with Crippen LogP contribution < -0.4 is 5.32 Å². The first kappa shape index (κ1) is 16.4. The molecule has 0 amide bonds. The maximum absolute atomic E-state index is 6.29. The van der Waals surface area contributed by atoms with Crippen molar-refractivity contribution in [3.63, 3.8) is 0 Å². The number of nitrogens with one attached hydrogen (secondary N) is 1. The van der Waals surface area contributed by atoms with E-state index in [1.165, 1.54) is 16.7 Å². The molecule has 112 valence electrons. The van der Waals surface area contributed by atoms with E-state index in [2.05, 4.69) is 37.4 Å². The molecule has 1 N–H and O–H groups in total.